The Bertz CT molecular complexity index is 3070. The largest absolute Gasteiger partial charge is 0.481 e. The first-order valence-corrected chi connectivity index (χ1v) is 25.1. The molecule has 6 fully saturated rings. The van der Waals surface area contributed by atoms with Gasteiger partial charge in [-0.15, -0.1) is 20.4 Å². The van der Waals surface area contributed by atoms with E-state index >= 15 is 4.39 Å². The van der Waals surface area contributed by atoms with Crippen LogP contribution >= 0.6 is 0 Å². The lowest BCUT2D eigenvalue weighted by Gasteiger charge is -2.39. The molecule has 5 aromatic rings. The van der Waals surface area contributed by atoms with E-state index in [2.05, 4.69) is 51.2 Å². The van der Waals surface area contributed by atoms with E-state index in [1.165, 1.54) is 25.3 Å². The number of aromatic amines is 1. The molecule has 6 atom stereocenters. The van der Waals surface area contributed by atoms with Crippen molar-refractivity contribution < 1.29 is 46.3 Å². The van der Waals surface area contributed by atoms with Crippen LogP contribution in [0.1, 0.15) is 148 Å². The maximum atomic E-state index is 15.3. The van der Waals surface area contributed by atoms with Crippen LogP contribution in [0.25, 0.3) is 17.0 Å². The molecule has 0 aromatic carbocycles. The number of hydrogen-bond acceptors (Lipinski definition) is 17. The summed E-state index contributed by atoms with van der Waals surface area (Å²) in [5.74, 6) is -0.993. The second-order valence-electron chi connectivity index (χ2n) is 20.7. The van der Waals surface area contributed by atoms with Gasteiger partial charge in [0.25, 0.3) is 11.8 Å². The van der Waals surface area contributed by atoms with Gasteiger partial charge in [-0.1, -0.05) is 0 Å². The molecule has 2 aliphatic heterocycles. The van der Waals surface area contributed by atoms with Crippen LogP contribution in [-0.2, 0) is 14.4 Å². The number of carbonyl (C=O) groups is 4. The molecule has 7 heterocycles. The van der Waals surface area contributed by atoms with Gasteiger partial charge in [0.2, 0.25) is 47.1 Å². The molecular formula is C50H56F2N14O8. The summed E-state index contributed by atoms with van der Waals surface area (Å²) in [6, 6.07) is 3.24. The van der Waals surface area contributed by atoms with E-state index in [9.17, 15) is 23.6 Å². The quantitative estimate of drug-likeness (QED) is 0.0747. The highest BCUT2D eigenvalue weighted by Crippen LogP contribution is 2.52. The number of pyridine rings is 2. The standard InChI is InChI=1S/C50H56F2N14O8/c1-24(43-61-63-45(73-43)26-4-5-26)57-42(68)28-7-13-66(50(20-28)10-11-50)48(70)38-18-37(59-60-38)32-16-40(56-22-34(32)52)72-23-29-14-30(29)46-64-62-44(74-46)25(2)58-41(67)27-6-12-65(49(19-27)8-9-49)47(69)36(54)17-35(53)31-15-39(71-3)55-21-33(31)51/h15-18,21-22,24-30,54H,4-14,19-20,23,53H2,1-3H3,(H,57,68)(H,58,67)(H,59,60)/b35-17-,54-36?/t24-,25+,27-,28-,29?,30?/m0/s1. The normalized spacial score (nSPS) is 23.2. The highest BCUT2D eigenvalue weighted by Gasteiger charge is 2.56. The number of likely N-dealkylation sites (tertiary alicyclic amines) is 2. The fraction of sp³-hybridized carbons (Fsp3) is 0.520. The Balaban J connectivity index is 0.640. The molecule has 2 unspecified atom stereocenters. The van der Waals surface area contributed by atoms with Crippen LogP contribution in [0.4, 0.5) is 8.78 Å². The Kier molecular flexibility index (Phi) is 12.5. The zero-order valence-electron chi connectivity index (χ0n) is 41.0. The fourth-order valence-corrected chi connectivity index (χ4v) is 10.5. The van der Waals surface area contributed by atoms with E-state index in [0.29, 0.717) is 75.1 Å². The SMILES string of the molecule is COc1cc(/C(N)=C/C(=N)C(=O)N2CC[C@H](C(=O)N[C@H](C)c3nnc(C4CC4COc4cc(-c5cc(C(=O)N6CC[C@H](C(=O)N[C@@H](C)c7nnc(C8CC8)o7)CC67CC7)n[nH]5)c(F)cn4)o3)CC23CC3)c(F)cn1. The molecule has 6 aliphatic rings. The van der Waals surface area contributed by atoms with Gasteiger partial charge in [0.05, 0.1) is 31.8 Å². The van der Waals surface area contributed by atoms with Gasteiger partial charge in [0.15, 0.2) is 17.3 Å². The molecule has 0 radical (unpaired) electrons. The van der Waals surface area contributed by atoms with Crippen molar-refractivity contribution in [3.05, 3.63) is 83.1 Å². The van der Waals surface area contributed by atoms with E-state index in [-0.39, 0.29) is 94.5 Å². The lowest BCUT2D eigenvalue weighted by molar-refractivity contribution is -0.135. The van der Waals surface area contributed by atoms with Gasteiger partial charge in [-0.25, -0.2) is 18.7 Å². The molecule has 6 N–H and O–H groups in total. The van der Waals surface area contributed by atoms with Crippen molar-refractivity contribution >= 4 is 35.0 Å². The van der Waals surface area contributed by atoms with Crippen LogP contribution in [-0.4, -0.2) is 118 Å². The fourth-order valence-electron chi connectivity index (χ4n) is 10.5. The molecule has 4 saturated carbocycles. The van der Waals surface area contributed by atoms with E-state index < -0.39 is 52.3 Å². The Labute approximate surface area is 422 Å². The number of halogens is 2. The van der Waals surface area contributed by atoms with Crippen LogP contribution < -0.4 is 25.8 Å². The molecule has 388 valence electrons. The Hall–Kier alpha value is -7.66. The van der Waals surface area contributed by atoms with Crippen LogP contribution in [0, 0.1) is 34.8 Å². The predicted octanol–water partition coefficient (Wildman–Crippen LogP) is 5.21. The molecule has 2 spiro atoms. The third-order valence-corrected chi connectivity index (χ3v) is 15.5. The third-order valence-electron chi connectivity index (χ3n) is 15.5. The number of H-pyrrole nitrogens is 1. The van der Waals surface area contributed by atoms with Crippen molar-refractivity contribution in [3.8, 4) is 23.0 Å². The molecule has 5 aromatic heterocycles. The summed E-state index contributed by atoms with van der Waals surface area (Å²) in [7, 11) is 1.38. The molecule has 0 bridgehead atoms. The first-order valence-electron chi connectivity index (χ1n) is 25.1. The maximum absolute atomic E-state index is 15.3. The summed E-state index contributed by atoms with van der Waals surface area (Å²) in [6.45, 7) is 4.44. The zero-order chi connectivity index (χ0) is 51.6. The van der Waals surface area contributed by atoms with E-state index in [1.54, 1.807) is 16.7 Å². The monoisotopic (exact) mass is 1020 g/mol. The van der Waals surface area contributed by atoms with Gasteiger partial charge in [0, 0.05) is 82.7 Å². The third kappa shape index (κ3) is 9.68. The number of amides is 4. The van der Waals surface area contributed by atoms with Gasteiger partial charge in [0.1, 0.15) is 17.8 Å². The first-order chi connectivity index (χ1) is 35.6. The summed E-state index contributed by atoms with van der Waals surface area (Å²) >= 11 is 0. The number of nitrogens with two attached hydrogens (primary N) is 1. The highest BCUT2D eigenvalue weighted by atomic mass is 19.1. The van der Waals surface area contributed by atoms with Crippen molar-refractivity contribution in [2.75, 3.05) is 26.8 Å². The van der Waals surface area contributed by atoms with Crippen LogP contribution in [0.3, 0.4) is 0 Å². The zero-order valence-corrected chi connectivity index (χ0v) is 41.0. The molecule has 2 saturated heterocycles. The van der Waals surface area contributed by atoms with Gasteiger partial charge in [-0.05, 0) is 96.6 Å². The average molecular weight is 1020 g/mol. The molecule has 4 aliphatic carbocycles. The smallest absolute Gasteiger partial charge is 0.274 e. The topological polar surface area (TPSA) is 299 Å². The number of methoxy groups -OCH3 is 1. The summed E-state index contributed by atoms with van der Waals surface area (Å²) in [6.07, 6.45) is 10.6. The van der Waals surface area contributed by atoms with Crippen molar-refractivity contribution in [3.63, 3.8) is 0 Å². The van der Waals surface area contributed by atoms with Crippen molar-refractivity contribution in [1.82, 2.24) is 61.0 Å². The van der Waals surface area contributed by atoms with Crippen LogP contribution in [0.5, 0.6) is 11.8 Å². The molecule has 74 heavy (non-hydrogen) atoms. The average Bonchev–Trinajstić information content (AvgIpc) is 4.38. The molecule has 24 heteroatoms. The van der Waals surface area contributed by atoms with Crippen LogP contribution in [0.2, 0.25) is 0 Å². The van der Waals surface area contributed by atoms with Crippen molar-refractivity contribution in [2.24, 2.45) is 23.5 Å². The number of rotatable bonds is 17. The number of piperidine rings is 2. The Morgan fingerprint density at radius 2 is 1.46 bits per heavy atom. The van der Waals surface area contributed by atoms with Crippen molar-refractivity contribution in [1.29, 1.82) is 5.41 Å². The van der Waals surface area contributed by atoms with E-state index in [1.807, 2.05) is 6.92 Å². The Morgan fingerprint density at radius 3 is 2.11 bits per heavy atom. The second kappa shape index (κ2) is 19.0. The summed E-state index contributed by atoms with van der Waals surface area (Å²) < 4.78 is 52.6. The van der Waals surface area contributed by atoms with Gasteiger partial charge in [-0.2, -0.15) is 5.10 Å². The minimum Gasteiger partial charge on any atom is -0.481 e. The number of carbonyl (C=O) groups excluding carboxylic acids is 4. The second-order valence-corrected chi connectivity index (χ2v) is 20.7. The minimum absolute atomic E-state index is 0.00932. The summed E-state index contributed by atoms with van der Waals surface area (Å²) in [4.78, 5) is 65.7. The number of nitrogens with zero attached hydrogens (tertiary/aromatic N) is 9. The maximum Gasteiger partial charge on any atom is 0.274 e. The van der Waals surface area contributed by atoms with Gasteiger partial charge in [-0.3, -0.25) is 29.7 Å². The number of ether oxygens (including phenoxy) is 2. The lowest BCUT2D eigenvalue weighted by atomic mass is 9.87. The number of hydrogen-bond donors (Lipinski definition) is 5. The van der Waals surface area contributed by atoms with Crippen molar-refractivity contribution in [2.45, 2.75) is 119 Å². The van der Waals surface area contributed by atoms with E-state index in [0.717, 1.165) is 44.2 Å². The number of nitrogens with one attached hydrogen (secondary N) is 4. The molecule has 4 amide bonds. The lowest BCUT2D eigenvalue weighted by Crippen LogP contribution is -2.52. The van der Waals surface area contributed by atoms with E-state index in [4.69, 9.17) is 29.5 Å². The first kappa shape index (κ1) is 48.6. The van der Waals surface area contributed by atoms with Crippen LogP contribution in [0.15, 0.2) is 45.5 Å². The highest BCUT2D eigenvalue weighted by molar-refractivity contribution is 6.43. The molecule has 11 rings (SSSR count). The van der Waals surface area contributed by atoms with Gasteiger partial charge >= 0.3 is 0 Å². The molecular weight excluding hydrogens is 963 g/mol. The minimum atomic E-state index is -0.717. The summed E-state index contributed by atoms with van der Waals surface area (Å²) in [5, 5.41) is 38.3. The number of aromatic nitrogens is 8. The van der Waals surface area contributed by atoms with Gasteiger partial charge < -0.3 is 44.5 Å². The summed E-state index contributed by atoms with van der Waals surface area (Å²) in [5.41, 5.74) is 5.08. The Morgan fingerprint density at radius 1 is 0.851 bits per heavy atom. The molecule has 22 nitrogen and oxygen atoms in total. The predicted molar refractivity (Wildman–Crippen MR) is 255 cm³/mol.